The number of benzene rings is 1. The van der Waals surface area contributed by atoms with Crippen molar-refractivity contribution in [2.24, 2.45) is 11.7 Å². The highest BCUT2D eigenvalue weighted by molar-refractivity contribution is 6.30. The van der Waals surface area contributed by atoms with Gasteiger partial charge in [0, 0.05) is 24.5 Å². The second kappa shape index (κ2) is 6.06. The molecule has 0 bridgehead atoms. The summed E-state index contributed by atoms with van der Waals surface area (Å²) in [5.41, 5.74) is 6.13. The number of hydrogen-bond donors (Lipinski definition) is 1. The fraction of sp³-hybridized carbons (Fsp3) is 0.429. The smallest absolute Gasteiger partial charge is 0.226 e. The minimum atomic E-state index is -0.294. The number of hydrogen-bond acceptors (Lipinski definition) is 2. The molecule has 0 aromatic heterocycles. The van der Waals surface area contributed by atoms with E-state index in [1.165, 1.54) is 0 Å². The summed E-state index contributed by atoms with van der Waals surface area (Å²) < 4.78 is 0. The topological polar surface area (TPSA) is 63.4 Å². The molecule has 5 heteroatoms. The molecule has 4 nitrogen and oxygen atoms in total. The highest BCUT2D eigenvalue weighted by Crippen LogP contribution is 2.20. The van der Waals surface area contributed by atoms with Gasteiger partial charge in [-0.1, -0.05) is 23.7 Å². The standard InChI is InChI=1S/C14H17ClN2O2/c15-12-3-1-10(2-4-12)8-14(19)17-6-5-11(9-17)7-13(16)18/h1-4,11H,5-9H2,(H2,16,18). The molecule has 1 aromatic rings. The zero-order chi connectivity index (χ0) is 13.8. The molecule has 0 radical (unpaired) electrons. The van der Waals surface area contributed by atoms with Crippen LogP contribution in [0.1, 0.15) is 18.4 Å². The van der Waals surface area contributed by atoms with Crippen molar-refractivity contribution in [3.8, 4) is 0 Å². The number of amides is 2. The molecule has 0 spiro atoms. The first kappa shape index (κ1) is 13.9. The minimum absolute atomic E-state index is 0.0919. The second-order valence-electron chi connectivity index (χ2n) is 4.97. The molecule has 1 atom stereocenters. The fourth-order valence-corrected chi connectivity index (χ4v) is 2.52. The average Bonchev–Trinajstić information content (AvgIpc) is 2.80. The summed E-state index contributed by atoms with van der Waals surface area (Å²) in [5.74, 6) is 0.0120. The van der Waals surface area contributed by atoms with E-state index in [1.54, 1.807) is 12.1 Å². The summed E-state index contributed by atoms with van der Waals surface area (Å²) in [4.78, 5) is 24.8. The molecule has 2 amide bonds. The van der Waals surface area contributed by atoms with E-state index in [0.717, 1.165) is 12.0 Å². The third-order valence-electron chi connectivity index (χ3n) is 3.40. The van der Waals surface area contributed by atoms with Gasteiger partial charge in [-0.3, -0.25) is 9.59 Å². The van der Waals surface area contributed by atoms with Gasteiger partial charge in [0.25, 0.3) is 0 Å². The Bertz CT molecular complexity index is 473. The van der Waals surface area contributed by atoms with E-state index in [9.17, 15) is 9.59 Å². The van der Waals surface area contributed by atoms with Crippen molar-refractivity contribution < 1.29 is 9.59 Å². The second-order valence-corrected chi connectivity index (χ2v) is 5.40. The summed E-state index contributed by atoms with van der Waals surface area (Å²) in [6.07, 6.45) is 1.60. The van der Waals surface area contributed by atoms with Gasteiger partial charge < -0.3 is 10.6 Å². The van der Waals surface area contributed by atoms with Crippen molar-refractivity contribution in [2.45, 2.75) is 19.3 Å². The van der Waals surface area contributed by atoms with Crippen molar-refractivity contribution >= 4 is 23.4 Å². The monoisotopic (exact) mass is 280 g/mol. The van der Waals surface area contributed by atoms with E-state index < -0.39 is 0 Å². The molecule has 2 rings (SSSR count). The first-order valence-corrected chi connectivity index (χ1v) is 6.73. The largest absolute Gasteiger partial charge is 0.370 e. The number of primary amides is 1. The van der Waals surface area contributed by atoms with E-state index in [0.29, 0.717) is 31.0 Å². The fourth-order valence-electron chi connectivity index (χ4n) is 2.40. The summed E-state index contributed by atoms with van der Waals surface area (Å²) in [6.45, 7) is 1.35. The Morgan fingerprint density at radius 1 is 1.32 bits per heavy atom. The van der Waals surface area contributed by atoms with Gasteiger partial charge in [0.05, 0.1) is 6.42 Å². The van der Waals surface area contributed by atoms with Gasteiger partial charge in [0.15, 0.2) is 0 Å². The number of rotatable bonds is 4. The number of carbonyl (C=O) groups excluding carboxylic acids is 2. The third kappa shape index (κ3) is 3.96. The lowest BCUT2D eigenvalue weighted by molar-refractivity contribution is -0.129. The molecular formula is C14H17ClN2O2. The lowest BCUT2D eigenvalue weighted by Crippen LogP contribution is -2.30. The number of nitrogens with zero attached hydrogens (tertiary/aromatic N) is 1. The van der Waals surface area contributed by atoms with Crippen molar-refractivity contribution in [1.82, 2.24) is 4.90 Å². The van der Waals surface area contributed by atoms with Crippen molar-refractivity contribution in [2.75, 3.05) is 13.1 Å². The van der Waals surface area contributed by atoms with Crippen molar-refractivity contribution in [3.05, 3.63) is 34.9 Å². The van der Waals surface area contributed by atoms with Crippen LogP contribution in [0.2, 0.25) is 5.02 Å². The number of carbonyl (C=O) groups is 2. The van der Waals surface area contributed by atoms with Crippen LogP contribution in [0.15, 0.2) is 24.3 Å². The summed E-state index contributed by atoms with van der Waals surface area (Å²) in [7, 11) is 0. The van der Waals surface area contributed by atoms with Gasteiger partial charge in [-0.2, -0.15) is 0 Å². The Balaban J connectivity index is 1.87. The van der Waals surface area contributed by atoms with Crippen molar-refractivity contribution in [3.63, 3.8) is 0 Å². The van der Waals surface area contributed by atoms with E-state index in [2.05, 4.69) is 0 Å². The molecule has 1 unspecified atom stereocenters. The van der Waals surface area contributed by atoms with E-state index >= 15 is 0 Å². The molecule has 1 heterocycles. The molecule has 19 heavy (non-hydrogen) atoms. The molecule has 1 aliphatic heterocycles. The highest BCUT2D eigenvalue weighted by atomic mass is 35.5. The highest BCUT2D eigenvalue weighted by Gasteiger charge is 2.26. The lowest BCUT2D eigenvalue weighted by Gasteiger charge is -2.16. The van der Waals surface area contributed by atoms with Crippen LogP contribution in [0.4, 0.5) is 0 Å². The third-order valence-corrected chi connectivity index (χ3v) is 3.65. The normalized spacial score (nSPS) is 18.6. The molecule has 1 aliphatic rings. The quantitative estimate of drug-likeness (QED) is 0.911. The minimum Gasteiger partial charge on any atom is -0.370 e. The van der Waals surface area contributed by atoms with Crippen LogP contribution >= 0.6 is 11.6 Å². The SMILES string of the molecule is NC(=O)CC1CCN(C(=O)Cc2ccc(Cl)cc2)C1. The average molecular weight is 281 g/mol. The van der Waals surface area contributed by atoms with E-state index in [1.807, 2.05) is 17.0 Å². The molecule has 2 N–H and O–H groups in total. The van der Waals surface area contributed by atoms with Crippen LogP contribution in [0.25, 0.3) is 0 Å². The van der Waals surface area contributed by atoms with E-state index in [4.69, 9.17) is 17.3 Å². The summed E-state index contributed by atoms with van der Waals surface area (Å²) in [5, 5.41) is 0.666. The van der Waals surface area contributed by atoms with Gasteiger partial charge >= 0.3 is 0 Å². The Labute approximate surface area is 117 Å². The summed E-state index contributed by atoms with van der Waals surface area (Å²) >= 11 is 5.80. The first-order valence-electron chi connectivity index (χ1n) is 6.35. The maximum absolute atomic E-state index is 12.1. The maximum atomic E-state index is 12.1. The molecule has 0 aliphatic carbocycles. The molecule has 1 aromatic carbocycles. The molecule has 1 fully saturated rings. The Morgan fingerprint density at radius 3 is 2.63 bits per heavy atom. The molecule has 0 saturated carbocycles. The molecule has 102 valence electrons. The zero-order valence-corrected chi connectivity index (χ0v) is 11.4. The van der Waals surface area contributed by atoms with Gasteiger partial charge in [0.1, 0.15) is 0 Å². The van der Waals surface area contributed by atoms with Crippen LogP contribution in [0.3, 0.4) is 0 Å². The van der Waals surface area contributed by atoms with Gasteiger partial charge in [-0.15, -0.1) is 0 Å². The molecular weight excluding hydrogens is 264 g/mol. The first-order chi connectivity index (χ1) is 9.04. The lowest BCUT2D eigenvalue weighted by atomic mass is 10.1. The number of halogens is 1. The predicted molar refractivity (Wildman–Crippen MR) is 73.7 cm³/mol. The van der Waals surface area contributed by atoms with Crippen LogP contribution in [-0.2, 0) is 16.0 Å². The van der Waals surface area contributed by atoms with Crippen molar-refractivity contribution in [1.29, 1.82) is 0 Å². The summed E-state index contributed by atoms with van der Waals surface area (Å²) in [6, 6.07) is 7.28. The van der Waals surface area contributed by atoms with Crippen LogP contribution in [-0.4, -0.2) is 29.8 Å². The van der Waals surface area contributed by atoms with Gasteiger partial charge in [-0.25, -0.2) is 0 Å². The number of nitrogens with two attached hydrogens (primary N) is 1. The Hall–Kier alpha value is -1.55. The number of likely N-dealkylation sites (tertiary alicyclic amines) is 1. The Morgan fingerprint density at radius 2 is 2.00 bits per heavy atom. The van der Waals surface area contributed by atoms with Gasteiger partial charge in [-0.05, 0) is 30.0 Å². The zero-order valence-electron chi connectivity index (χ0n) is 10.6. The van der Waals surface area contributed by atoms with Gasteiger partial charge in [0.2, 0.25) is 11.8 Å². The molecule has 1 saturated heterocycles. The van der Waals surface area contributed by atoms with E-state index in [-0.39, 0.29) is 17.7 Å². The van der Waals surface area contributed by atoms with Crippen LogP contribution < -0.4 is 5.73 Å². The van der Waals surface area contributed by atoms with Crippen LogP contribution in [0.5, 0.6) is 0 Å². The van der Waals surface area contributed by atoms with Crippen LogP contribution in [0, 0.1) is 5.92 Å². The maximum Gasteiger partial charge on any atom is 0.226 e. The predicted octanol–water partition coefficient (Wildman–Crippen LogP) is 1.61. The Kier molecular flexibility index (Phi) is 4.43.